The summed E-state index contributed by atoms with van der Waals surface area (Å²) in [4.78, 5) is 12.5. The molecule has 0 fully saturated rings. The van der Waals surface area contributed by atoms with Gasteiger partial charge in [0.2, 0.25) is 5.78 Å². The number of phenolic OH excluding ortho intramolecular Hbond substituents is 1. The van der Waals surface area contributed by atoms with Crippen molar-refractivity contribution in [2.24, 2.45) is 0 Å². The van der Waals surface area contributed by atoms with Crippen molar-refractivity contribution in [2.75, 3.05) is 5.73 Å². The van der Waals surface area contributed by atoms with Crippen molar-refractivity contribution in [1.82, 2.24) is 9.78 Å². The van der Waals surface area contributed by atoms with Crippen LogP contribution in [0.15, 0.2) is 48.7 Å². The number of hydrogen-bond acceptors (Lipinski definition) is 4. The number of benzene rings is 2. The molecule has 0 radical (unpaired) electrons. The molecule has 0 aliphatic rings. The fourth-order valence-corrected chi connectivity index (χ4v) is 2.28. The molecule has 0 aliphatic heterocycles. The van der Waals surface area contributed by atoms with Crippen LogP contribution in [-0.2, 0) is 0 Å². The molecule has 23 heavy (non-hydrogen) atoms. The number of rotatable bonds is 3. The van der Waals surface area contributed by atoms with Gasteiger partial charge < -0.3 is 10.8 Å². The van der Waals surface area contributed by atoms with E-state index in [0.29, 0.717) is 10.7 Å². The lowest BCUT2D eigenvalue weighted by atomic mass is 10.0. The Hall–Kier alpha value is -2.86. The number of ketones is 1. The normalized spacial score (nSPS) is 10.7. The van der Waals surface area contributed by atoms with Gasteiger partial charge in [-0.05, 0) is 42.5 Å². The highest BCUT2D eigenvalue weighted by Crippen LogP contribution is 2.25. The van der Waals surface area contributed by atoms with Gasteiger partial charge in [-0.25, -0.2) is 9.07 Å². The van der Waals surface area contributed by atoms with Crippen LogP contribution in [0.1, 0.15) is 15.9 Å². The highest BCUT2D eigenvalue weighted by molar-refractivity contribution is 6.30. The Kier molecular flexibility index (Phi) is 3.75. The van der Waals surface area contributed by atoms with Crippen LogP contribution >= 0.6 is 11.6 Å². The summed E-state index contributed by atoms with van der Waals surface area (Å²) in [6.45, 7) is 0. The van der Waals surface area contributed by atoms with E-state index in [9.17, 15) is 14.3 Å². The van der Waals surface area contributed by atoms with Crippen molar-refractivity contribution in [3.05, 3.63) is 70.6 Å². The van der Waals surface area contributed by atoms with Gasteiger partial charge in [0.25, 0.3) is 0 Å². The minimum atomic E-state index is -0.630. The quantitative estimate of drug-likeness (QED) is 0.722. The SMILES string of the molecule is Nc1c(C(=O)c2cc(F)ccc2O)cnn1-c1ccc(Cl)cc1. The van der Waals surface area contributed by atoms with E-state index >= 15 is 0 Å². The summed E-state index contributed by atoms with van der Waals surface area (Å²) in [5.74, 6) is -1.48. The first kappa shape index (κ1) is 15.1. The van der Waals surface area contributed by atoms with E-state index in [-0.39, 0.29) is 22.7 Å². The maximum absolute atomic E-state index is 13.3. The Balaban J connectivity index is 2.03. The second-order valence-corrected chi connectivity index (χ2v) is 5.26. The first-order valence-corrected chi connectivity index (χ1v) is 6.98. The minimum absolute atomic E-state index is 0.0702. The summed E-state index contributed by atoms with van der Waals surface area (Å²) in [7, 11) is 0. The zero-order valence-electron chi connectivity index (χ0n) is 11.7. The van der Waals surface area contributed by atoms with Crippen molar-refractivity contribution in [1.29, 1.82) is 0 Å². The Morgan fingerprint density at radius 3 is 2.57 bits per heavy atom. The van der Waals surface area contributed by atoms with E-state index in [1.54, 1.807) is 24.3 Å². The fraction of sp³-hybridized carbons (Fsp3) is 0. The molecule has 2 aromatic carbocycles. The summed E-state index contributed by atoms with van der Waals surface area (Å²) >= 11 is 5.83. The van der Waals surface area contributed by atoms with Crippen LogP contribution in [0.25, 0.3) is 5.69 Å². The van der Waals surface area contributed by atoms with Crippen molar-refractivity contribution in [3.63, 3.8) is 0 Å². The van der Waals surface area contributed by atoms with Crippen molar-refractivity contribution >= 4 is 23.2 Å². The maximum atomic E-state index is 13.3. The molecule has 116 valence electrons. The van der Waals surface area contributed by atoms with Crippen LogP contribution in [0.5, 0.6) is 5.75 Å². The first-order chi connectivity index (χ1) is 11.0. The number of carbonyl (C=O) groups excluding carboxylic acids is 1. The molecule has 3 aromatic rings. The third-order valence-corrected chi connectivity index (χ3v) is 3.58. The summed E-state index contributed by atoms with van der Waals surface area (Å²) in [5.41, 5.74) is 6.49. The van der Waals surface area contributed by atoms with E-state index < -0.39 is 11.6 Å². The average molecular weight is 332 g/mol. The molecule has 0 bridgehead atoms. The molecule has 5 nitrogen and oxygen atoms in total. The molecule has 1 heterocycles. The van der Waals surface area contributed by atoms with Gasteiger partial charge in [-0.1, -0.05) is 11.6 Å². The number of carbonyl (C=O) groups is 1. The number of anilines is 1. The molecule has 0 atom stereocenters. The lowest BCUT2D eigenvalue weighted by molar-refractivity contribution is 0.103. The average Bonchev–Trinajstić information content (AvgIpc) is 2.91. The second-order valence-electron chi connectivity index (χ2n) is 4.82. The number of halogens is 2. The Morgan fingerprint density at radius 2 is 1.87 bits per heavy atom. The van der Waals surface area contributed by atoms with Gasteiger partial charge in [-0.3, -0.25) is 4.79 Å². The van der Waals surface area contributed by atoms with Crippen LogP contribution in [0.3, 0.4) is 0 Å². The van der Waals surface area contributed by atoms with E-state index in [1.165, 1.54) is 10.9 Å². The summed E-state index contributed by atoms with van der Waals surface area (Å²) < 4.78 is 14.7. The summed E-state index contributed by atoms with van der Waals surface area (Å²) in [6, 6.07) is 9.85. The second kappa shape index (κ2) is 5.73. The molecule has 0 unspecified atom stereocenters. The predicted molar refractivity (Wildman–Crippen MR) is 84.5 cm³/mol. The number of nitrogen functional groups attached to an aromatic ring is 1. The molecule has 7 heteroatoms. The van der Waals surface area contributed by atoms with Gasteiger partial charge >= 0.3 is 0 Å². The van der Waals surface area contributed by atoms with Crippen molar-refractivity contribution in [3.8, 4) is 11.4 Å². The van der Waals surface area contributed by atoms with Gasteiger partial charge in [0.05, 0.1) is 23.0 Å². The topological polar surface area (TPSA) is 81.1 Å². The number of nitrogens with two attached hydrogens (primary N) is 1. The lowest BCUT2D eigenvalue weighted by Gasteiger charge is -2.06. The molecule has 0 saturated heterocycles. The molecule has 3 N–H and O–H groups in total. The summed E-state index contributed by atoms with van der Waals surface area (Å²) in [6.07, 6.45) is 1.27. The van der Waals surface area contributed by atoms with Crippen LogP contribution < -0.4 is 5.73 Å². The Labute approximate surface area is 135 Å². The van der Waals surface area contributed by atoms with E-state index in [2.05, 4.69) is 5.10 Å². The van der Waals surface area contributed by atoms with Gasteiger partial charge in [0, 0.05) is 5.02 Å². The van der Waals surface area contributed by atoms with Gasteiger partial charge in [0.15, 0.2) is 0 Å². The predicted octanol–water partition coefficient (Wildman–Crippen LogP) is 3.18. The van der Waals surface area contributed by atoms with Crippen LogP contribution in [0.2, 0.25) is 5.02 Å². The molecule has 0 amide bonds. The van der Waals surface area contributed by atoms with Crippen molar-refractivity contribution < 1.29 is 14.3 Å². The minimum Gasteiger partial charge on any atom is -0.507 e. The fourth-order valence-electron chi connectivity index (χ4n) is 2.16. The Morgan fingerprint density at radius 1 is 1.17 bits per heavy atom. The molecule has 0 aliphatic carbocycles. The van der Waals surface area contributed by atoms with E-state index in [0.717, 1.165) is 18.2 Å². The molecular formula is C16H11ClFN3O2. The lowest BCUT2D eigenvalue weighted by Crippen LogP contribution is -2.07. The first-order valence-electron chi connectivity index (χ1n) is 6.60. The maximum Gasteiger partial charge on any atom is 0.202 e. The number of phenols is 1. The zero-order chi connectivity index (χ0) is 16.6. The number of nitrogens with zero attached hydrogens (tertiary/aromatic N) is 2. The third kappa shape index (κ3) is 2.76. The standard InChI is InChI=1S/C16H11ClFN3O2/c17-9-1-4-11(5-2-9)21-16(19)13(8-20-21)15(23)12-7-10(18)3-6-14(12)22/h1-8,22H,19H2. The molecule has 3 rings (SSSR count). The number of aromatic hydroxyl groups is 1. The molecule has 0 saturated carbocycles. The molecule has 1 aromatic heterocycles. The van der Waals surface area contributed by atoms with Gasteiger partial charge in [-0.15, -0.1) is 0 Å². The molecule has 0 spiro atoms. The van der Waals surface area contributed by atoms with E-state index in [4.69, 9.17) is 17.3 Å². The molecular weight excluding hydrogens is 321 g/mol. The van der Waals surface area contributed by atoms with Gasteiger partial charge in [-0.2, -0.15) is 5.10 Å². The van der Waals surface area contributed by atoms with Crippen LogP contribution in [0, 0.1) is 5.82 Å². The zero-order valence-corrected chi connectivity index (χ0v) is 12.5. The highest BCUT2D eigenvalue weighted by Gasteiger charge is 2.20. The largest absolute Gasteiger partial charge is 0.507 e. The van der Waals surface area contributed by atoms with Gasteiger partial charge in [0.1, 0.15) is 17.4 Å². The third-order valence-electron chi connectivity index (χ3n) is 3.33. The van der Waals surface area contributed by atoms with Crippen LogP contribution in [-0.4, -0.2) is 20.7 Å². The van der Waals surface area contributed by atoms with E-state index in [1.807, 2.05) is 0 Å². The highest BCUT2D eigenvalue weighted by atomic mass is 35.5. The Bertz CT molecular complexity index is 891. The smallest absolute Gasteiger partial charge is 0.202 e. The number of hydrogen-bond donors (Lipinski definition) is 2. The summed E-state index contributed by atoms with van der Waals surface area (Å²) in [5, 5.41) is 14.4. The monoisotopic (exact) mass is 331 g/mol. The van der Waals surface area contributed by atoms with Crippen LogP contribution in [0.4, 0.5) is 10.2 Å². The van der Waals surface area contributed by atoms with Crippen molar-refractivity contribution in [2.45, 2.75) is 0 Å². The number of aromatic nitrogens is 2.